The Hall–Kier alpha value is -1.16. The topological polar surface area (TPSA) is 3.24 Å². The highest BCUT2D eigenvalue weighted by atomic mass is 32.2. The zero-order valence-corrected chi connectivity index (χ0v) is 11.9. The summed E-state index contributed by atoms with van der Waals surface area (Å²) in [6, 6.07) is 18.8. The molecule has 1 nitrogen and oxygen atoms in total. The molecule has 0 aliphatic rings. The van der Waals surface area contributed by atoms with Gasteiger partial charge in [-0.2, -0.15) is 3.71 Å². The Morgan fingerprint density at radius 3 is 2.00 bits per heavy atom. The molecule has 18 heavy (non-hydrogen) atoms. The van der Waals surface area contributed by atoms with E-state index in [-0.39, 0.29) is 0 Å². The van der Waals surface area contributed by atoms with Gasteiger partial charge in [0.2, 0.25) is 0 Å². The molecule has 0 fully saturated rings. The highest BCUT2D eigenvalue weighted by Gasteiger charge is 2.03. The van der Waals surface area contributed by atoms with Gasteiger partial charge in [-0.1, -0.05) is 43.0 Å². The molecule has 0 aliphatic carbocycles. The summed E-state index contributed by atoms with van der Waals surface area (Å²) in [6.07, 6.45) is 1.86. The lowest BCUT2D eigenvalue weighted by Crippen LogP contribution is -1.96. The Bertz CT molecular complexity index is 494. The van der Waals surface area contributed by atoms with E-state index in [4.69, 9.17) is 0 Å². The molecule has 2 rings (SSSR count). The van der Waals surface area contributed by atoms with E-state index in [9.17, 15) is 0 Å². The highest BCUT2D eigenvalue weighted by Crippen LogP contribution is 2.31. The molecule has 92 valence electrons. The van der Waals surface area contributed by atoms with Crippen molar-refractivity contribution in [3.8, 4) is 0 Å². The van der Waals surface area contributed by atoms with Crippen molar-refractivity contribution in [1.82, 2.24) is 3.71 Å². The Labute approximate surface area is 117 Å². The molecule has 0 bridgehead atoms. The quantitative estimate of drug-likeness (QED) is 0.708. The van der Waals surface area contributed by atoms with E-state index in [0.717, 1.165) is 5.56 Å². The molecule has 2 aromatic rings. The molecule has 0 aromatic heterocycles. The standard InChI is InChI=1S/C15H15NS2/c1-3-13-9-11-15(12-10-13)18-16(2)17-14-7-5-4-6-8-14/h3-12H,1H2,2H3. The fraction of sp³-hybridized carbons (Fsp3) is 0.0667. The molecular formula is C15H15NS2. The Balaban J connectivity index is 1.94. The van der Waals surface area contributed by atoms with Crippen molar-refractivity contribution in [2.75, 3.05) is 7.05 Å². The predicted octanol–water partition coefficient (Wildman–Crippen LogP) is 4.98. The van der Waals surface area contributed by atoms with Crippen molar-refractivity contribution in [3.05, 3.63) is 66.7 Å². The molecule has 3 heteroatoms. The molecular weight excluding hydrogens is 258 g/mol. The van der Waals surface area contributed by atoms with E-state index in [1.54, 1.807) is 23.9 Å². The van der Waals surface area contributed by atoms with Crippen LogP contribution in [0.15, 0.2) is 71.0 Å². The molecule has 0 saturated carbocycles. The first-order valence-electron chi connectivity index (χ1n) is 5.65. The lowest BCUT2D eigenvalue weighted by Gasteiger charge is -2.14. The summed E-state index contributed by atoms with van der Waals surface area (Å²) in [7, 11) is 2.07. The maximum absolute atomic E-state index is 3.76. The third kappa shape index (κ3) is 3.95. The first-order valence-corrected chi connectivity index (χ1v) is 7.20. The van der Waals surface area contributed by atoms with Crippen molar-refractivity contribution in [2.45, 2.75) is 9.79 Å². The minimum absolute atomic E-state index is 1.15. The van der Waals surface area contributed by atoms with Gasteiger partial charge in [0.25, 0.3) is 0 Å². The molecule has 0 radical (unpaired) electrons. The molecule has 0 atom stereocenters. The van der Waals surface area contributed by atoms with Gasteiger partial charge in [-0.25, -0.2) is 0 Å². The average Bonchev–Trinajstić information content (AvgIpc) is 2.40. The number of benzene rings is 2. The monoisotopic (exact) mass is 273 g/mol. The maximum Gasteiger partial charge on any atom is 0.0239 e. The lowest BCUT2D eigenvalue weighted by molar-refractivity contribution is 0.939. The SMILES string of the molecule is C=Cc1ccc(SN(C)Sc2ccccc2)cc1. The van der Waals surface area contributed by atoms with Crippen LogP contribution in [0.2, 0.25) is 0 Å². The molecule has 0 saturated heterocycles. The van der Waals surface area contributed by atoms with Gasteiger partial charge in [0.15, 0.2) is 0 Å². The third-order valence-electron chi connectivity index (χ3n) is 2.33. The second-order valence-corrected chi connectivity index (χ2v) is 6.34. The minimum Gasteiger partial charge on any atom is -0.189 e. The second kappa shape index (κ2) is 6.69. The van der Waals surface area contributed by atoms with Crippen LogP contribution in [-0.2, 0) is 0 Å². The number of hydrogen-bond donors (Lipinski definition) is 0. The van der Waals surface area contributed by atoms with Crippen LogP contribution in [-0.4, -0.2) is 10.8 Å². The Morgan fingerprint density at radius 2 is 1.44 bits per heavy atom. The van der Waals surface area contributed by atoms with Crippen molar-refractivity contribution in [1.29, 1.82) is 0 Å². The summed E-state index contributed by atoms with van der Waals surface area (Å²) in [4.78, 5) is 2.47. The predicted molar refractivity (Wildman–Crippen MR) is 82.5 cm³/mol. The van der Waals surface area contributed by atoms with E-state index in [1.807, 2.05) is 12.1 Å². The zero-order chi connectivity index (χ0) is 12.8. The highest BCUT2D eigenvalue weighted by molar-refractivity contribution is 8.12. The fourth-order valence-corrected chi connectivity index (χ4v) is 3.26. The van der Waals surface area contributed by atoms with Crippen LogP contribution in [0.5, 0.6) is 0 Å². The molecule has 0 N–H and O–H groups in total. The fourth-order valence-electron chi connectivity index (χ4n) is 1.46. The lowest BCUT2D eigenvalue weighted by atomic mass is 10.2. The van der Waals surface area contributed by atoms with Gasteiger partial charge < -0.3 is 0 Å². The van der Waals surface area contributed by atoms with Gasteiger partial charge in [0, 0.05) is 16.8 Å². The van der Waals surface area contributed by atoms with Gasteiger partial charge in [0.1, 0.15) is 0 Å². The molecule has 0 amide bonds. The first-order chi connectivity index (χ1) is 8.78. The average molecular weight is 273 g/mol. The van der Waals surface area contributed by atoms with Gasteiger partial charge in [-0.3, -0.25) is 0 Å². The van der Waals surface area contributed by atoms with Crippen molar-refractivity contribution in [2.24, 2.45) is 0 Å². The van der Waals surface area contributed by atoms with Gasteiger partial charge in [0.05, 0.1) is 0 Å². The van der Waals surface area contributed by atoms with Crippen LogP contribution < -0.4 is 0 Å². The van der Waals surface area contributed by atoms with Crippen LogP contribution >= 0.6 is 23.9 Å². The van der Waals surface area contributed by atoms with Crippen molar-refractivity contribution >= 4 is 30.0 Å². The number of rotatable bonds is 5. The summed E-state index contributed by atoms with van der Waals surface area (Å²) < 4.78 is 2.15. The van der Waals surface area contributed by atoms with Crippen LogP contribution in [0, 0.1) is 0 Å². The van der Waals surface area contributed by atoms with E-state index >= 15 is 0 Å². The second-order valence-electron chi connectivity index (χ2n) is 3.71. The first kappa shape index (κ1) is 13.3. The largest absolute Gasteiger partial charge is 0.189 e. The van der Waals surface area contributed by atoms with Crippen LogP contribution in [0.4, 0.5) is 0 Å². The van der Waals surface area contributed by atoms with Gasteiger partial charge >= 0.3 is 0 Å². The van der Waals surface area contributed by atoms with Crippen LogP contribution in [0.1, 0.15) is 5.56 Å². The summed E-state index contributed by atoms with van der Waals surface area (Å²) in [6.45, 7) is 3.76. The Kier molecular flexibility index (Phi) is 4.93. The summed E-state index contributed by atoms with van der Waals surface area (Å²) >= 11 is 3.44. The summed E-state index contributed by atoms with van der Waals surface area (Å²) in [5, 5.41) is 0. The Morgan fingerprint density at radius 1 is 0.889 bits per heavy atom. The summed E-state index contributed by atoms with van der Waals surface area (Å²) in [5.41, 5.74) is 1.15. The molecule has 0 heterocycles. The van der Waals surface area contributed by atoms with E-state index in [1.165, 1.54) is 9.79 Å². The zero-order valence-electron chi connectivity index (χ0n) is 10.2. The van der Waals surface area contributed by atoms with E-state index in [2.05, 4.69) is 65.9 Å². The van der Waals surface area contributed by atoms with Crippen LogP contribution in [0.3, 0.4) is 0 Å². The molecule has 2 aromatic carbocycles. The van der Waals surface area contributed by atoms with Gasteiger partial charge in [-0.05, 0) is 53.7 Å². The third-order valence-corrected chi connectivity index (χ3v) is 4.25. The number of hydrogen-bond acceptors (Lipinski definition) is 3. The number of nitrogens with zero attached hydrogens (tertiary/aromatic N) is 1. The van der Waals surface area contributed by atoms with Crippen molar-refractivity contribution < 1.29 is 0 Å². The maximum atomic E-state index is 3.76. The molecule has 0 spiro atoms. The smallest absolute Gasteiger partial charge is 0.0239 e. The molecule has 0 unspecified atom stereocenters. The normalized spacial score (nSPS) is 10.6. The summed E-state index contributed by atoms with van der Waals surface area (Å²) in [5.74, 6) is 0. The minimum atomic E-state index is 1.15. The van der Waals surface area contributed by atoms with Crippen molar-refractivity contribution in [3.63, 3.8) is 0 Å². The van der Waals surface area contributed by atoms with Crippen LogP contribution in [0.25, 0.3) is 6.08 Å². The van der Waals surface area contributed by atoms with E-state index < -0.39 is 0 Å². The molecule has 0 aliphatic heterocycles. The van der Waals surface area contributed by atoms with E-state index in [0.29, 0.717) is 0 Å². The van der Waals surface area contributed by atoms with Gasteiger partial charge in [-0.15, -0.1) is 0 Å².